The SMILES string of the molecule is CCCNC(C(C)C)C(COC)C1CC1. The van der Waals surface area contributed by atoms with E-state index in [1.165, 1.54) is 19.3 Å². The molecule has 2 nitrogen and oxygen atoms in total. The summed E-state index contributed by atoms with van der Waals surface area (Å²) in [6.45, 7) is 8.92. The monoisotopic (exact) mass is 213 g/mol. The van der Waals surface area contributed by atoms with Gasteiger partial charge in [-0.1, -0.05) is 20.8 Å². The van der Waals surface area contributed by atoms with Crippen LogP contribution in [0.25, 0.3) is 0 Å². The van der Waals surface area contributed by atoms with E-state index >= 15 is 0 Å². The van der Waals surface area contributed by atoms with Crippen molar-refractivity contribution >= 4 is 0 Å². The fraction of sp³-hybridized carbons (Fsp3) is 1.00. The van der Waals surface area contributed by atoms with Gasteiger partial charge in [-0.2, -0.15) is 0 Å². The van der Waals surface area contributed by atoms with Crippen LogP contribution in [0, 0.1) is 17.8 Å². The van der Waals surface area contributed by atoms with E-state index in [9.17, 15) is 0 Å². The zero-order valence-corrected chi connectivity index (χ0v) is 10.8. The van der Waals surface area contributed by atoms with Gasteiger partial charge in [0.05, 0.1) is 6.61 Å². The molecule has 1 fully saturated rings. The van der Waals surface area contributed by atoms with Crippen molar-refractivity contribution in [3.63, 3.8) is 0 Å². The second-order valence-electron chi connectivity index (χ2n) is 5.18. The molecule has 0 aromatic rings. The van der Waals surface area contributed by atoms with Gasteiger partial charge >= 0.3 is 0 Å². The molecular weight excluding hydrogens is 186 g/mol. The third kappa shape index (κ3) is 4.12. The zero-order chi connectivity index (χ0) is 11.3. The maximum Gasteiger partial charge on any atom is 0.0508 e. The van der Waals surface area contributed by atoms with Crippen LogP contribution < -0.4 is 5.32 Å². The quantitative estimate of drug-likeness (QED) is 0.669. The number of methoxy groups -OCH3 is 1. The largest absolute Gasteiger partial charge is 0.384 e. The molecule has 1 aliphatic carbocycles. The van der Waals surface area contributed by atoms with Crippen LogP contribution in [0.5, 0.6) is 0 Å². The van der Waals surface area contributed by atoms with Gasteiger partial charge in [0.25, 0.3) is 0 Å². The Kier molecular flexibility index (Phi) is 5.62. The van der Waals surface area contributed by atoms with Crippen molar-refractivity contribution < 1.29 is 4.74 Å². The minimum Gasteiger partial charge on any atom is -0.384 e. The van der Waals surface area contributed by atoms with E-state index in [1.54, 1.807) is 0 Å². The van der Waals surface area contributed by atoms with Crippen molar-refractivity contribution in [2.24, 2.45) is 17.8 Å². The molecule has 0 amide bonds. The third-order valence-corrected chi connectivity index (χ3v) is 3.40. The predicted octanol–water partition coefficient (Wildman–Crippen LogP) is 2.68. The van der Waals surface area contributed by atoms with Gasteiger partial charge in [0.1, 0.15) is 0 Å². The van der Waals surface area contributed by atoms with E-state index in [2.05, 4.69) is 26.1 Å². The number of ether oxygens (including phenoxy) is 1. The first-order valence-corrected chi connectivity index (χ1v) is 6.43. The Hall–Kier alpha value is -0.0800. The Morgan fingerprint density at radius 2 is 2.00 bits per heavy atom. The lowest BCUT2D eigenvalue weighted by Gasteiger charge is -2.31. The molecule has 1 rings (SSSR count). The van der Waals surface area contributed by atoms with Gasteiger partial charge in [-0.15, -0.1) is 0 Å². The highest BCUT2D eigenvalue weighted by Crippen LogP contribution is 2.40. The fourth-order valence-electron chi connectivity index (χ4n) is 2.44. The summed E-state index contributed by atoms with van der Waals surface area (Å²) in [4.78, 5) is 0. The molecule has 90 valence electrons. The highest BCUT2D eigenvalue weighted by molar-refractivity contribution is 4.90. The van der Waals surface area contributed by atoms with Gasteiger partial charge in [0, 0.05) is 19.1 Å². The Labute approximate surface area is 94.8 Å². The third-order valence-electron chi connectivity index (χ3n) is 3.40. The van der Waals surface area contributed by atoms with Crippen molar-refractivity contribution in [3.8, 4) is 0 Å². The molecule has 0 aromatic heterocycles. The van der Waals surface area contributed by atoms with Crippen molar-refractivity contribution in [3.05, 3.63) is 0 Å². The minimum atomic E-state index is 0.636. The molecular formula is C13H27NO. The molecule has 0 radical (unpaired) electrons. The number of hydrogen-bond donors (Lipinski definition) is 1. The lowest BCUT2D eigenvalue weighted by molar-refractivity contribution is 0.104. The van der Waals surface area contributed by atoms with Gasteiger partial charge in [-0.3, -0.25) is 0 Å². The molecule has 2 heteroatoms. The molecule has 0 heterocycles. The number of nitrogens with one attached hydrogen (secondary N) is 1. The standard InChI is InChI=1S/C13H27NO/c1-5-8-14-13(10(2)3)12(9-15-4)11-6-7-11/h10-14H,5-9H2,1-4H3. The summed E-state index contributed by atoms with van der Waals surface area (Å²) in [5.41, 5.74) is 0. The normalized spacial score (nSPS) is 20.6. The van der Waals surface area contributed by atoms with Gasteiger partial charge in [-0.25, -0.2) is 0 Å². The maximum absolute atomic E-state index is 5.38. The van der Waals surface area contributed by atoms with E-state index < -0.39 is 0 Å². The molecule has 0 aromatic carbocycles. The Bertz CT molecular complexity index is 166. The molecule has 0 saturated heterocycles. The summed E-state index contributed by atoms with van der Waals surface area (Å²) in [6, 6.07) is 0.636. The first kappa shape index (κ1) is 13.0. The summed E-state index contributed by atoms with van der Waals surface area (Å²) in [7, 11) is 1.83. The average Bonchev–Trinajstić information content (AvgIpc) is 2.99. The van der Waals surface area contributed by atoms with E-state index in [0.29, 0.717) is 12.0 Å². The van der Waals surface area contributed by atoms with Crippen LogP contribution in [0.1, 0.15) is 40.0 Å². The maximum atomic E-state index is 5.38. The van der Waals surface area contributed by atoms with E-state index in [1.807, 2.05) is 7.11 Å². The zero-order valence-electron chi connectivity index (χ0n) is 10.8. The molecule has 1 saturated carbocycles. The van der Waals surface area contributed by atoms with Crippen LogP contribution in [0.2, 0.25) is 0 Å². The van der Waals surface area contributed by atoms with Crippen molar-refractivity contribution in [2.75, 3.05) is 20.3 Å². The molecule has 0 spiro atoms. The lowest BCUT2D eigenvalue weighted by Crippen LogP contribution is -2.43. The van der Waals surface area contributed by atoms with Crippen LogP contribution in [0.3, 0.4) is 0 Å². The number of hydrogen-bond acceptors (Lipinski definition) is 2. The predicted molar refractivity (Wildman–Crippen MR) is 65.0 cm³/mol. The summed E-state index contributed by atoms with van der Waals surface area (Å²) < 4.78 is 5.38. The summed E-state index contributed by atoms with van der Waals surface area (Å²) in [6.07, 6.45) is 4.03. The smallest absolute Gasteiger partial charge is 0.0508 e. The van der Waals surface area contributed by atoms with Gasteiger partial charge in [0.2, 0.25) is 0 Å². The molecule has 1 N–H and O–H groups in total. The summed E-state index contributed by atoms with van der Waals surface area (Å²) >= 11 is 0. The summed E-state index contributed by atoms with van der Waals surface area (Å²) in [5.74, 6) is 2.35. The Morgan fingerprint density at radius 3 is 2.40 bits per heavy atom. The first-order chi connectivity index (χ1) is 7.20. The lowest BCUT2D eigenvalue weighted by atomic mass is 9.87. The minimum absolute atomic E-state index is 0.636. The van der Waals surface area contributed by atoms with Crippen molar-refractivity contribution in [1.29, 1.82) is 0 Å². The summed E-state index contributed by atoms with van der Waals surface area (Å²) in [5, 5.41) is 3.70. The molecule has 2 atom stereocenters. The van der Waals surface area contributed by atoms with Crippen molar-refractivity contribution in [2.45, 2.75) is 46.1 Å². The number of rotatable bonds is 8. The second-order valence-corrected chi connectivity index (χ2v) is 5.18. The highest BCUT2D eigenvalue weighted by Gasteiger charge is 2.37. The van der Waals surface area contributed by atoms with E-state index in [4.69, 9.17) is 4.74 Å². The van der Waals surface area contributed by atoms with Crippen LogP contribution >= 0.6 is 0 Å². The topological polar surface area (TPSA) is 21.3 Å². The van der Waals surface area contributed by atoms with Crippen LogP contribution in [-0.4, -0.2) is 26.3 Å². The average molecular weight is 213 g/mol. The molecule has 15 heavy (non-hydrogen) atoms. The molecule has 1 aliphatic rings. The van der Waals surface area contributed by atoms with Gasteiger partial charge in [-0.05, 0) is 37.6 Å². The van der Waals surface area contributed by atoms with Gasteiger partial charge in [0.15, 0.2) is 0 Å². The second kappa shape index (κ2) is 6.49. The van der Waals surface area contributed by atoms with Crippen LogP contribution in [-0.2, 0) is 4.74 Å². The Balaban J connectivity index is 2.48. The fourth-order valence-corrected chi connectivity index (χ4v) is 2.44. The first-order valence-electron chi connectivity index (χ1n) is 6.43. The highest BCUT2D eigenvalue weighted by atomic mass is 16.5. The van der Waals surface area contributed by atoms with Crippen LogP contribution in [0.15, 0.2) is 0 Å². The van der Waals surface area contributed by atoms with Crippen molar-refractivity contribution in [1.82, 2.24) is 5.32 Å². The Morgan fingerprint density at radius 1 is 1.33 bits per heavy atom. The van der Waals surface area contributed by atoms with Crippen LogP contribution in [0.4, 0.5) is 0 Å². The van der Waals surface area contributed by atoms with E-state index in [-0.39, 0.29) is 0 Å². The van der Waals surface area contributed by atoms with Gasteiger partial charge < -0.3 is 10.1 Å². The van der Waals surface area contributed by atoms with E-state index in [0.717, 1.165) is 25.0 Å². The molecule has 2 unspecified atom stereocenters. The molecule has 0 bridgehead atoms. The molecule has 0 aliphatic heterocycles.